The third kappa shape index (κ3) is 4.68. The molecule has 4 rings (SSSR count). The standard InChI is InChI=1S/C23H22N6O3/c1-14(15-7-6-8-16(11-15)19-28-22(32-29-19)23(2,3)31)27-21(30)17-12-25-20(26-13-17)18-9-4-5-10-24-18/h4-14,31H,1-3H3,(H,27,30)/t14-/m1/s1. The number of aliphatic hydroxyl groups is 1. The number of benzene rings is 1. The monoisotopic (exact) mass is 430 g/mol. The maximum Gasteiger partial charge on any atom is 0.258 e. The van der Waals surface area contributed by atoms with Crippen LogP contribution in [0.3, 0.4) is 0 Å². The van der Waals surface area contributed by atoms with Crippen molar-refractivity contribution in [2.75, 3.05) is 0 Å². The molecule has 3 heterocycles. The van der Waals surface area contributed by atoms with E-state index in [1.54, 1.807) is 26.1 Å². The third-order valence-corrected chi connectivity index (χ3v) is 4.75. The molecule has 0 saturated heterocycles. The predicted molar refractivity (Wildman–Crippen MR) is 116 cm³/mol. The van der Waals surface area contributed by atoms with Gasteiger partial charge < -0.3 is 14.9 Å². The maximum atomic E-state index is 12.7. The minimum Gasteiger partial charge on any atom is -0.381 e. The van der Waals surface area contributed by atoms with Crippen LogP contribution in [-0.2, 0) is 5.60 Å². The molecule has 3 aromatic heterocycles. The summed E-state index contributed by atoms with van der Waals surface area (Å²) in [5.41, 5.74) is 1.33. The third-order valence-electron chi connectivity index (χ3n) is 4.75. The summed E-state index contributed by atoms with van der Waals surface area (Å²) in [5.74, 6) is 0.655. The van der Waals surface area contributed by atoms with E-state index in [4.69, 9.17) is 4.52 Å². The molecule has 0 radical (unpaired) electrons. The van der Waals surface area contributed by atoms with Crippen molar-refractivity contribution in [2.24, 2.45) is 0 Å². The summed E-state index contributed by atoms with van der Waals surface area (Å²) in [6, 6.07) is 12.6. The normalized spacial score (nSPS) is 12.4. The summed E-state index contributed by atoms with van der Waals surface area (Å²) >= 11 is 0. The minimum atomic E-state index is -1.22. The van der Waals surface area contributed by atoms with Crippen LogP contribution < -0.4 is 5.32 Å². The molecule has 0 aliphatic heterocycles. The molecule has 0 spiro atoms. The zero-order valence-corrected chi connectivity index (χ0v) is 17.9. The van der Waals surface area contributed by atoms with E-state index in [2.05, 4.69) is 30.4 Å². The lowest BCUT2D eigenvalue weighted by Gasteiger charge is -2.15. The summed E-state index contributed by atoms with van der Waals surface area (Å²) in [7, 11) is 0. The molecule has 162 valence electrons. The van der Waals surface area contributed by atoms with Gasteiger partial charge in [-0.2, -0.15) is 4.98 Å². The summed E-state index contributed by atoms with van der Waals surface area (Å²) in [6.07, 6.45) is 4.62. The number of amides is 1. The largest absolute Gasteiger partial charge is 0.381 e. The first-order valence-corrected chi connectivity index (χ1v) is 10.0. The lowest BCUT2D eigenvalue weighted by atomic mass is 10.0. The second-order valence-electron chi connectivity index (χ2n) is 7.81. The second kappa shape index (κ2) is 8.64. The van der Waals surface area contributed by atoms with Crippen LogP contribution in [-0.4, -0.2) is 36.1 Å². The molecule has 0 aliphatic carbocycles. The van der Waals surface area contributed by atoms with Gasteiger partial charge in [-0.1, -0.05) is 29.4 Å². The predicted octanol–water partition coefficient (Wildman–Crippen LogP) is 3.31. The molecular formula is C23H22N6O3. The van der Waals surface area contributed by atoms with Gasteiger partial charge in [0.15, 0.2) is 5.82 Å². The topological polar surface area (TPSA) is 127 Å². The number of rotatable bonds is 6. The molecule has 0 aliphatic rings. The average Bonchev–Trinajstić information content (AvgIpc) is 3.31. The highest BCUT2D eigenvalue weighted by Crippen LogP contribution is 2.24. The van der Waals surface area contributed by atoms with Crippen molar-refractivity contribution in [3.63, 3.8) is 0 Å². The Bertz CT molecular complexity index is 1220. The van der Waals surface area contributed by atoms with Gasteiger partial charge in [-0.25, -0.2) is 9.97 Å². The summed E-state index contributed by atoms with van der Waals surface area (Å²) < 4.78 is 5.15. The van der Waals surface area contributed by atoms with Crippen LogP contribution in [0.1, 0.15) is 48.6 Å². The summed E-state index contributed by atoms with van der Waals surface area (Å²) in [4.78, 5) is 29.6. The van der Waals surface area contributed by atoms with Gasteiger partial charge >= 0.3 is 0 Å². The van der Waals surface area contributed by atoms with Crippen LogP contribution in [0.25, 0.3) is 22.9 Å². The first-order valence-electron chi connectivity index (χ1n) is 10.0. The van der Waals surface area contributed by atoms with Crippen molar-refractivity contribution in [2.45, 2.75) is 32.4 Å². The first kappa shape index (κ1) is 21.3. The van der Waals surface area contributed by atoms with Crippen LogP contribution in [0.4, 0.5) is 0 Å². The van der Waals surface area contributed by atoms with E-state index in [0.717, 1.165) is 5.56 Å². The fraction of sp³-hybridized carbons (Fsp3) is 0.217. The van der Waals surface area contributed by atoms with Gasteiger partial charge in [0.2, 0.25) is 5.82 Å². The smallest absolute Gasteiger partial charge is 0.258 e. The number of carbonyl (C=O) groups is 1. The summed E-state index contributed by atoms with van der Waals surface area (Å²) in [5, 5.41) is 16.9. The Balaban J connectivity index is 1.47. The molecule has 0 fully saturated rings. The number of aromatic nitrogens is 5. The Morgan fingerprint density at radius 1 is 1.06 bits per heavy atom. The molecule has 4 aromatic rings. The number of hydrogen-bond acceptors (Lipinski definition) is 8. The van der Waals surface area contributed by atoms with Gasteiger partial charge in [-0.05, 0) is 44.5 Å². The van der Waals surface area contributed by atoms with Gasteiger partial charge in [-0.3, -0.25) is 9.78 Å². The first-order chi connectivity index (χ1) is 15.3. The number of nitrogens with zero attached hydrogens (tertiary/aromatic N) is 5. The van der Waals surface area contributed by atoms with E-state index < -0.39 is 5.60 Å². The van der Waals surface area contributed by atoms with Crippen molar-refractivity contribution in [1.29, 1.82) is 0 Å². The highest BCUT2D eigenvalue weighted by molar-refractivity contribution is 5.94. The van der Waals surface area contributed by atoms with Crippen molar-refractivity contribution in [3.8, 4) is 22.9 Å². The fourth-order valence-electron chi connectivity index (χ4n) is 2.97. The maximum absolute atomic E-state index is 12.7. The van der Waals surface area contributed by atoms with E-state index in [0.29, 0.717) is 28.5 Å². The molecule has 1 amide bonds. The van der Waals surface area contributed by atoms with Gasteiger partial charge in [0.1, 0.15) is 11.3 Å². The molecule has 1 aromatic carbocycles. The van der Waals surface area contributed by atoms with Crippen LogP contribution >= 0.6 is 0 Å². The number of pyridine rings is 1. The van der Waals surface area contributed by atoms with E-state index in [1.807, 2.05) is 43.3 Å². The van der Waals surface area contributed by atoms with Gasteiger partial charge in [0, 0.05) is 24.2 Å². The van der Waals surface area contributed by atoms with E-state index >= 15 is 0 Å². The van der Waals surface area contributed by atoms with Crippen LogP contribution in [0.15, 0.2) is 65.6 Å². The highest BCUT2D eigenvalue weighted by atomic mass is 16.5. The van der Waals surface area contributed by atoms with Crippen LogP contribution in [0.2, 0.25) is 0 Å². The minimum absolute atomic E-state index is 0.133. The van der Waals surface area contributed by atoms with Gasteiger partial charge in [0.05, 0.1) is 11.6 Å². The van der Waals surface area contributed by atoms with E-state index in [1.165, 1.54) is 12.4 Å². The van der Waals surface area contributed by atoms with E-state index in [9.17, 15) is 9.90 Å². The van der Waals surface area contributed by atoms with Gasteiger partial charge in [0.25, 0.3) is 11.8 Å². The highest BCUT2D eigenvalue weighted by Gasteiger charge is 2.24. The Morgan fingerprint density at radius 3 is 2.50 bits per heavy atom. The SMILES string of the molecule is C[C@@H](NC(=O)c1cnc(-c2ccccn2)nc1)c1cccc(-c2noc(C(C)(C)O)n2)c1. The molecule has 9 nitrogen and oxygen atoms in total. The van der Waals surface area contributed by atoms with Gasteiger partial charge in [-0.15, -0.1) is 0 Å². The van der Waals surface area contributed by atoms with Crippen molar-refractivity contribution in [1.82, 2.24) is 30.4 Å². The zero-order chi connectivity index (χ0) is 22.7. The Hall–Kier alpha value is -3.98. The quantitative estimate of drug-likeness (QED) is 0.477. The van der Waals surface area contributed by atoms with Crippen molar-refractivity contribution in [3.05, 3.63) is 78.1 Å². The molecule has 32 heavy (non-hydrogen) atoms. The fourth-order valence-corrected chi connectivity index (χ4v) is 2.97. The van der Waals surface area contributed by atoms with Crippen molar-refractivity contribution >= 4 is 5.91 Å². The molecule has 9 heteroatoms. The average molecular weight is 430 g/mol. The molecule has 2 N–H and O–H groups in total. The van der Waals surface area contributed by atoms with Crippen LogP contribution in [0, 0.1) is 0 Å². The lowest BCUT2D eigenvalue weighted by molar-refractivity contribution is 0.0420. The number of hydrogen-bond donors (Lipinski definition) is 2. The Labute approximate surface area is 184 Å². The molecule has 0 bridgehead atoms. The number of carbonyl (C=O) groups excluding carboxylic acids is 1. The van der Waals surface area contributed by atoms with E-state index in [-0.39, 0.29) is 17.8 Å². The number of nitrogens with one attached hydrogen (secondary N) is 1. The Morgan fingerprint density at radius 2 is 1.84 bits per heavy atom. The lowest BCUT2D eigenvalue weighted by Crippen LogP contribution is -2.27. The Kier molecular flexibility index (Phi) is 5.74. The van der Waals surface area contributed by atoms with Crippen molar-refractivity contribution < 1.29 is 14.4 Å². The zero-order valence-electron chi connectivity index (χ0n) is 17.9. The molecule has 1 atom stereocenters. The van der Waals surface area contributed by atoms with Crippen LogP contribution in [0.5, 0.6) is 0 Å². The molecule has 0 unspecified atom stereocenters. The molecule has 0 saturated carbocycles. The second-order valence-corrected chi connectivity index (χ2v) is 7.81. The molecular weight excluding hydrogens is 408 g/mol. The summed E-state index contributed by atoms with van der Waals surface area (Å²) in [6.45, 7) is 5.02.